The molecule has 0 aromatic heterocycles. The lowest BCUT2D eigenvalue weighted by atomic mass is 10.2. The van der Waals surface area contributed by atoms with Crippen LogP contribution in [-0.2, 0) is 0 Å². The first kappa shape index (κ1) is 13.6. The summed E-state index contributed by atoms with van der Waals surface area (Å²) in [6.45, 7) is 5.10. The van der Waals surface area contributed by atoms with Crippen molar-refractivity contribution < 1.29 is 0 Å². The highest BCUT2D eigenvalue weighted by molar-refractivity contribution is 7.80. The van der Waals surface area contributed by atoms with E-state index in [4.69, 9.17) is 12.2 Å². The summed E-state index contributed by atoms with van der Waals surface area (Å²) in [5, 5.41) is 7.74. The molecule has 0 atom stereocenters. The second-order valence-electron chi connectivity index (χ2n) is 3.89. The summed E-state index contributed by atoms with van der Waals surface area (Å²) >= 11 is 5.07. The van der Waals surface area contributed by atoms with E-state index in [1.807, 2.05) is 12.1 Å². The predicted molar refractivity (Wildman–Crippen MR) is 77.4 cm³/mol. The number of hydrogen-bond acceptors (Lipinski definition) is 2. The van der Waals surface area contributed by atoms with E-state index in [1.54, 1.807) is 6.21 Å². The minimum atomic E-state index is 0.572. The van der Waals surface area contributed by atoms with E-state index in [-0.39, 0.29) is 0 Å². The first-order valence-electron chi connectivity index (χ1n) is 5.86. The number of thiocarbonyl (C=S) groups is 1. The van der Waals surface area contributed by atoms with Gasteiger partial charge in [-0.25, -0.2) is 0 Å². The number of nitrogens with one attached hydrogen (secondary N) is 2. The molecule has 0 amide bonds. The molecule has 1 aromatic rings. The van der Waals surface area contributed by atoms with Crippen molar-refractivity contribution in [1.82, 2.24) is 10.7 Å². The van der Waals surface area contributed by atoms with E-state index in [0.29, 0.717) is 5.11 Å². The van der Waals surface area contributed by atoms with Gasteiger partial charge in [-0.3, -0.25) is 5.43 Å². The predicted octanol–water partition coefficient (Wildman–Crippen LogP) is 2.59. The van der Waals surface area contributed by atoms with Crippen LogP contribution in [0.1, 0.15) is 30.9 Å². The molecule has 0 saturated carbocycles. The third kappa shape index (κ3) is 6.02. The van der Waals surface area contributed by atoms with Crippen molar-refractivity contribution in [3.8, 4) is 0 Å². The van der Waals surface area contributed by atoms with Crippen LogP contribution >= 0.6 is 12.2 Å². The quantitative estimate of drug-likeness (QED) is 0.364. The van der Waals surface area contributed by atoms with Gasteiger partial charge < -0.3 is 5.32 Å². The molecule has 0 unspecified atom stereocenters. The number of nitrogens with zero attached hydrogens (tertiary/aromatic N) is 1. The van der Waals surface area contributed by atoms with Gasteiger partial charge >= 0.3 is 0 Å². The summed E-state index contributed by atoms with van der Waals surface area (Å²) in [6.07, 6.45) is 4.03. The molecule has 0 heterocycles. The maximum atomic E-state index is 5.07. The molecule has 1 rings (SSSR count). The molecule has 92 valence electrons. The van der Waals surface area contributed by atoms with Crippen molar-refractivity contribution in [3.05, 3.63) is 35.4 Å². The Kier molecular flexibility index (Phi) is 6.25. The zero-order valence-corrected chi connectivity index (χ0v) is 11.2. The van der Waals surface area contributed by atoms with Crippen LogP contribution in [0, 0.1) is 6.92 Å². The third-order valence-electron chi connectivity index (χ3n) is 2.24. The van der Waals surface area contributed by atoms with E-state index >= 15 is 0 Å². The van der Waals surface area contributed by atoms with E-state index < -0.39 is 0 Å². The molecule has 0 bridgehead atoms. The zero-order chi connectivity index (χ0) is 12.5. The van der Waals surface area contributed by atoms with Crippen molar-refractivity contribution in [2.24, 2.45) is 5.10 Å². The fourth-order valence-electron chi connectivity index (χ4n) is 1.33. The maximum absolute atomic E-state index is 5.07. The van der Waals surface area contributed by atoms with Crippen molar-refractivity contribution >= 4 is 23.5 Å². The molecule has 0 aliphatic rings. The molecule has 4 heteroatoms. The minimum absolute atomic E-state index is 0.572. The Balaban J connectivity index is 2.32. The van der Waals surface area contributed by atoms with Crippen molar-refractivity contribution in [2.45, 2.75) is 26.7 Å². The smallest absolute Gasteiger partial charge is 0.186 e. The monoisotopic (exact) mass is 249 g/mol. The van der Waals surface area contributed by atoms with Crippen LogP contribution in [0.15, 0.2) is 29.4 Å². The third-order valence-corrected chi connectivity index (χ3v) is 2.47. The highest BCUT2D eigenvalue weighted by atomic mass is 32.1. The summed E-state index contributed by atoms with van der Waals surface area (Å²) in [4.78, 5) is 0. The topological polar surface area (TPSA) is 36.4 Å². The molecule has 0 spiro atoms. The van der Waals surface area contributed by atoms with Gasteiger partial charge in [-0.2, -0.15) is 5.10 Å². The van der Waals surface area contributed by atoms with Crippen LogP contribution in [0.3, 0.4) is 0 Å². The first-order chi connectivity index (χ1) is 8.22. The fraction of sp³-hybridized carbons (Fsp3) is 0.385. The summed E-state index contributed by atoms with van der Waals surface area (Å²) in [5.41, 5.74) is 5.08. The second kappa shape index (κ2) is 7.79. The standard InChI is InChI=1S/C13H19N3S/c1-3-4-8-14-13(17)16-15-10-12-7-5-6-11(2)9-12/h5-7,9-10H,3-4,8H2,1-2H3,(H2,14,16,17)/b15-10-. The van der Waals surface area contributed by atoms with E-state index in [1.165, 1.54) is 5.56 Å². The van der Waals surface area contributed by atoms with Gasteiger partial charge in [-0.1, -0.05) is 43.2 Å². The Labute approximate surface area is 108 Å². The Morgan fingerprint density at radius 2 is 2.29 bits per heavy atom. The van der Waals surface area contributed by atoms with Crippen LogP contribution in [0.4, 0.5) is 0 Å². The minimum Gasteiger partial charge on any atom is -0.361 e. The Morgan fingerprint density at radius 3 is 3.00 bits per heavy atom. The van der Waals surface area contributed by atoms with Gasteiger partial charge in [-0.15, -0.1) is 0 Å². The van der Waals surface area contributed by atoms with Gasteiger partial charge in [0.25, 0.3) is 0 Å². The molecule has 3 nitrogen and oxygen atoms in total. The first-order valence-corrected chi connectivity index (χ1v) is 6.26. The van der Waals surface area contributed by atoms with E-state index in [0.717, 1.165) is 24.9 Å². The van der Waals surface area contributed by atoms with Crippen molar-refractivity contribution in [1.29, 1.82) is 0 Å². The van der Waals surface area contributed by atoms with Gasteiger partial charge in [-0.05, 0) is 31.1 Å². The summed E-state index contributed by atoms with van der Waals surface area (Å²) < 4.78 is 0. The zero-order valence-electron chi connectivity index (χ0n) is 10.4. The average molecular weight is 249 g/mol. The Hall–Kier alpha value is -1.42. The summed E-state index contributed by atoms with van der Waals surface area (Å²) in [5.74, 6) is 0. The Morgan fingerprint density at radius 1 is 1.47 bits per heavy atom. The van der Waals surface area contributed by atoms with Gasteiger partial charge in [0.2, 0.25) is 0 Å². The number of benzene rings is 1. The molecule has 17 heavy (non-hydrogen) atoms. The number of hydrogen-bond donors (Lipinski definition) is 2. The van der Waals surface area contributed by atoms with Crippen molar-refractivity contribution in [3.63, 3.8) is 0 Å². The van der Waals surface area contributed by atoms with E-state index in [2.05, 4.69) is 41.8 Å². The summed E-state index contributed by atoms with van der Waals surface area (Å²) in [6, 6.07) is 8.14. The molecule has 0 aliphatic heterocycles. The van der Waals surface area contributed by atoms with Crippen LogP contribution in [0.2, 0.25) is 0 Å². The molecular formula is C13H19N3S. The second-order valence-corrected chi connectivity index (χ2v) is 4.30. The number of unbranched alkanes of at least 4 members (excludes halogenated alkanes) is 1. The highest BCUT2D eigenvalue weighted by Crippen LogP contribution is 2.00. The van der Waals surface area contributed by atoms with Crippen molar-refractivity contribution in [2.75, 3.05) is 6.54 Å². The lowest BCUT2D eigenvalue weighted by Gasteiger charge is -2.05. The van der Waals surface area contributed by atoms with Gasteiger partial charge in [0.1, 0.15) is 0 Å². The molecule has 0 radical (unpaired) electrons. The van der Waals surface area contributed by atoms with Gasteiger partial charge in [0, 0.05) is 6.54 Å². The number of hydrazone groups is 1. The van der Waals surface area contributed by atoms with Crippen LogP contribution < -0.4 is 10.7 Å². The maximum Gasteiger partial charge on any atom is 0.186 e. The van der Waals surface area contributed by atoms with Crippen LogP contribution in [0.25, 0.3) is 0 Å². The molecular weight excluding hydrogens is 230 g/mol. The molecule has 0 saturated heterocycles. The fourth-order valence-corrected chi connectivity index (χ4v) is 1.49. The Bertz CT molecular complexity index is 388. The average Bonchev–Trinajstić information content (AvgIpc) is 2.29. The lowest BCUT2D eigenvalue weighted by Crippen LogP contribution is -2.32. The van der Waals surface area contributed by atoms with Gasteiger partial charge in [0.15, 0.2) is 5.11 Å². The van der Waals surface area contributed by atoms with Gasteiger partial charge in [0.05, 0.1) is 6.21 Å². The van der Waals surface area contributed by atoms with Crippen LogP contribution in [0.5, 0.6) is 0 Å². The molecule has 2 N–H and O–H groups in total. The number of aryl methyl sites for hydroxylation is 1. The SMILES string of the molecule is CCCCNC(=S)N/N=C\c1cccc(C)c1. The van der Waals surface area contributed by atoms with Crippen LogP contribution in [-0.4, -0.2) is 17.9 Å². The highest BCUT2D eigenvalue weighted by Gasteiger charge is 1.91. The molecule has 0 fully saturated rings. The largest absolute Gasteiger partial charge is 0.361 e. The normalized spacial score (nSPS) is 10.5. The lowest BCUT2D eigenvalue weighted by molar-refractivity contribution is 0.745. The number of rotatable bonds is 5. The van der Waals surface area contributed by atoms with E-state index in [9.17, 15) is 0 Å². The molecule has 1 aromatic carbocycles. The molecule has 0 aliphatic carbocycles. The summed E-state index contributed by atoms with van der Waals surface area (Å²) in [7, 11) is 0.